The van der Waals surface area contributed by atoms with Crippen LogP contribution in [0.4, 0.5) is 0 Å². The van der Waals surface area contributed by atoms with Crippen LogP contribution in [0, 0.1) is 0 Å². The van der Waals surface area contributed by atoms with Crippen molar-refractivity contribution in [1.82, 2.24) is 4.90 Å². The van der Waals surface area contributed by atoms with Gasteiger partial charge in [0.25, 0.3) is 0 Å². The van der Waals surface area contributed by atoms with Gasteiger partial charge < -0.3 is 4.74 Å². The highest BCUT2D eigenvalue weighted by atomic mass is 79.9. The number of rotatable bonds is 5. The molecule has 1 aliphatic rings. The van der Waals surface area contributed by atoms with Crippen LogP contribution in [0.1, 0.15) is 31.7 Å². The number of alkyl halides is 1. The van der Waals surface area contributed by atoms with E-state index in [4.69, 9.17) is 16.3 Å². The maximum atomic E-state index is 6.14. The van der Waals surface area contributed by atoms with E-state index in [9.17, 15) is 0 Å². The summed E-state index contributed by atoms with van der Waals surface area (Å²) >= 11 is 9.69. The lowest BCUT2D eigenvalue weighted by Crippen LogP contribution is -2.30. The molecule has 19 heavy (non-hydrogen) atoms. The second kappa shape index (κ2) is 6.96. The van der Waals surface area contributed by atoms with Gasteiger partial charge in [0.15, 0.2) is 0 Å². The van der Waals surface area contributed by atoms with Crippen LogP contribution in [0.5, 0.6) is 5.75 Å². The first-order valence-electron chi connectivity index (χ1n) is 6.80. The highest BCUT2D eigenvalue weighted by Gasteiger charge is 2.25. The molecular formula is C15H21BrClNO. The molecule has 2 unspecified atom stereocenters. The van der Waals surface area contributed by atoms with Crippen LogP contribution in [0.2, 0.25) is 0 Å². The SMILES string of the molecule is COc1ccc(CN2CCCC2CC(C)Cl)cc1Br. The minimum Gasteiger partial charge on any atom is -0.496 e. The van der Waals surface area contributed by atoms with Crippen LogP contribution >= 0.6 is 27.5 Å². The quantitative estimate of drug-likeness (QED) is 0.731. The Hall–Kier alpha value is -0.250. The Morgan fingerprint density at radius 3 is 2.95 bits per heavy atom. The topological polar surface area (TPSA) is 12.5 Å². The summed E-state index contributed by atoms with van der Waals surface area (Å²) in [5.41, 5.74) is 1.32. The highest BCUT2D eigenvalue weighted by Crippen LogP contribution is 2.29. The van der Waals surface area contributed by atoms with E-state index < -0.39 is 0 Å². The molecule has 0 aromatic heterocycles. The third-order valence-corrected chi connectivity index (χ3v) is 4.50. The average molecular weight is 347 g/mol. The molecule has 0 saturated carbocycles. The Balaban J connectivity index is 2.01. The standard InChI is InChI=1S/C15H21BrClNO/c1-11(17)8-13-4-3-7-18(13)10-12-5-6-15(19-2)14(16)9-12/h5-6,9,11,13H,3-4,7-8,10H2,1-2H3. The van der Waals surface area contributed by atoms with Gasteiger partial charge in [0, 0.05) is 18.0 Å². The fourth-order valence-electron chi connectivity index (χ4n) is 2.79. The Bertz CT molecular complexity index is 425. The zero-order chi connectivity index (χ0) is 13.8. The highest BCUT2D eigenvalue weighted by molar-refractivity contribution is 9.10. The smallest absolute Gasteiger partial charge is 0.133 e. The normalized spacial score (nSPS) is 21.6. The molecule has 4 heteroatoms. The molecule has 2 atom stereocenters. The van der Waals surface area contributed by atoms with Crippen molar-refractivity contribution in [1.29, 1.82) is 0 Å². The van der Waals surface area contributed by atoms with Crippen LogP contribution in [0.3, 0.4) is 0 Å². The first kappa shape index (κ1) is 15.1. The van der Waals surface area contributed by atoms with Gasteiger partial charge in [0.05, 0.1) is 11.6 Å². The molecule has 1 aromatic carbocycles. The first-order chi connectivity index (χ1) is 9.10. The van der Waals surface area contributed by atoms with Crippen molar-refractivity contribution in [2.24, 2.45) is 0 Å². The van der Waals surface area contributed by atoms with Gasteiger partial charge in [0.2, 0.25) is 0 Å². The summed E-state index contributed by atoms with van der Waals surface area (Å²) in [6.07, 6.45) is 3.64. The number of benzene rings is 1. The summed E-state index contributed by atoms with van der Waals surface area (Å²) in [5.74, 6) is 0.885. The van der Waals surface area contributed by atoms with E-state index in [0.717, 1.165) is 23.2 Å². The Morgan fingerprint density at radius 2 is 2.32 bits per heavy atom. The van der Waals surface area contributed by atoms with Gasteiger partial charge >= 0.3 is 0 Å². The lowest BCUT2D eigenvalue weighted by Gasteiger charge is -2.25. The maximum Gasteiger partial charge on any atom is 0.133 e. The zero-order valence-corrected chi connectivity index (χ0v) is 13.9. The lowest BCUT2D eigenvalue weighted by atomic mass is 10.1. The number of likely N-dealkylation sites (tertiary alicyclic amines) is 1. The fraction of sp³-hybridized carbons (Fsp3) is 0.600. The molecule has 1 fully saturated rings. The molecule has 0 radical (unpaired) electrons. The second-order valence-electron chi connectivity index (χ2n) is 5.25. The van der Waals surface area contributed by atoms with Gasteiger partial charge in [-0.05, 0) is 66.4 Å². The molecule has 0 aliphatic carbocycles. The van der Waals surface area contributed by atoms with Crippen LogP contribution in [-0.2, 0) is 6.54 Å². The van der Waals surface area contributed by atoms with Crippen LogP contribution in [0.25, 0.3) is 0 Å². The van der Waals surface area contributed by atoms with E-state index >= 15 is 0 Å². The molecule has 2 nitrogen and oxygen atoms in total. The maximum absolute atomic E-state index is 6.14. The molecule has 2 rings (SSSR count). The van der Waals surface area contributed by atoms with Gasteiger partial charge in [-0.2, -0.15) is 0 Å². The summed E-state index contributed by atoms with van der Waals surface area (Å²) in [7, 11) is 1.69. The Labute approximate surface area is 129 Å². The van der Waals surface area contributed by atoms with Crippen LogP contribution in [0.15, 0.2) is 22.7 Å². The van der Waals surface area contributed by atoms with Crippen LogP contribution < -0.4 is 4.74 Å². The molecule has 0 amide bonds. The Kier molecular flexibility index (Phi) is 5.55. The third kappa shape index (κ3) is 4.11. The average Bonchev–Trinajstić information content (AvgIpc) is 2.76. The summed E-state index contributed by atoms with van der Waals surface area (Å²) in [5, 5.41) is 0.258. The minimum atomic E-state index is 0.258. The van der Waals surface area contributed by atoms with E-state index in [0.29, 0.717) is 6.04 Å². The van der Waals surface area contributed by atoms with Gasteiger partial charge in [-0.25, -0.2) is 0 Å². The van der Waals surface area contributed by atoms with Crippen molar-refractivity contribution in [3.05, 3.63) is 28.2 Å². The molecule has 1 saturated heterocycles. The van der Waals surface area contributed by atoms with Crippen molar-refractivity contribution in [2.45, 2.75) is 44.1 Å². The summed E-state index contributed by atoms with van der Waals surface area (Å²) < 4.78 is 6.29. The van der Waals surface area contributed by atoms with Crippen molar-refractivity contribution in [3.63, 3.8) is 0 Å². The molecule has 106 valence electrons. The molecule has 1 aromatic rings. The number of hydrogen-bond donors (Lipinski definition) is 0. The monoisotopic (exact) mass is 345 g/mol. The largest absolute Gasteiger partial charge is 0.496 e. The molecule has 0 bridgehead atoms. The summed E-state index contributed by atoms with van der Waals surface area (Å²) in [6, 6.07) is 6.95. The van der Waals surface area contributed by atoms with Gasteiger partial charge in [-0.3, -0.25) is 4.90 Å². The van der Waals surface area contributed by atoms with Gasteiger partial charge in [0.1, 0.15) is 5.75 Å². The number of hydrogen-bond acceptors (Lipinski definition) is 2. The van der Waals surface area contributed by atoms with E-state index in [-0.39, 0.29) is 5.38 Å². The number of methoxy groups -OCH3 is 1. The van der Waals surface area contributed by atoms with Crippen molar-refractivity contribution >= 4 is 27.5 Å². The van der Waals surface area contributed by atoms with E-state index in [1.165, 1.54) is 24.9 Å². The fourth-order valence-corrected chi connectivity index (χ4v) is 3.58. The summed E-state index contributed by atoms with van der Waals surface area (Å²) in [6.45, 7) is 4.26. The van der Waals surface area contributed by atoms with E-state index in [1.54, 1.807) is 7.11 Å². The second-order valence-corrected chi connectivity index (χ2v) is 6.85. The van der Waals surface area contributed by atoms with E-state index in [1.807, 2.05) is 6.07 Å². The van der Waals surface area contributed by atoms with Gasteiger partial charge in [-0.1, -0.05) is 6.07 Å². The third-order valence-electron chi connectivity index (χ3n) is 3.70. The Morgan fingerprint density at radius 1 is 1.53 bits per heavy atom. The van der Waals surface area contributed by atoms with Crippen LogP contribution in [-0.4, -0.2) is 30.0 Å². The predicted octanol–water partition coefficient (Wildman–Crippen LogP) is 4.44. The molecule has 0 spiro atoms. The number of ether oxygens (including phenoxy) is 1. The molecule has 0 N–H and O–H groups in total. The first-order valence-corrected chi connectivity index (χ1v) is 8.03. The van der Waals surface area contributed by atoms with E-state index in [2.05, 4.69) is 39.9 Å². The summed E-state index contributed by atoms with van der Waals surface area (Å²) in [4.78, 5) is 2.55. The van der Waals surface area contributed by atoms with Crippen molar-refractivity contribution in [3.8, 4) is 5.75 Å². The zero-order valence-electron chi connectivity index (χ0n) is 11.5. The molecule has 1 heterocycles. The minimum absolute atomic E-state index is 0.258. The van der Waals surface area contributed by atoms with Crippen molar-refractivity contribution < 1.29 is 4.74 Å². The van der Waals surface area contributed by atoms with Gasteiger partial charge in [-0.15, -0.1) is 11.6 Å². The lowest BCUT2D eigenvalue weighted by molar-refractivity contribution is 0.234. The molecular weight excluding hydrogens is 326 g/mol. The number of nitrogens with zero attached hydrogens (tertiary/aromatic N) is 1. The van der Waals surface area contributed by atoms with Crippen molar-refractivity contribution in [2.75, 3.05) is 13.7 Å². The number of halogens is 2. The molecule has 1 aliphatic heterocycles. The predicted molar refractivity (Wildman–Crippen MR) is 84.1 cm³/mol.